The minimum absolute atomic E-state index is 0.0313. The molecule has 0 radical (unpaired) electrons. The molecule has 0 aliphatic carbocycles. The molecule has 0 saturated heterocycles. The van der Waals surface area contributed by atoms with Crippen molar-refractivity contribution in [3.8, 4) is 24.0 Å². The van der Waals surface area contributed by atoms with Crippen LogP contribution in [0.5, 0.6) is 5.75 Å². The number of carbonyl (C=O) groups excluding carboxylic acids is 1. The lowest BCUT2D eigenvalue weighted by Crippen LogP contribution is -2.10. The highest BCUT2D eigenvalue weighted by Crippen LogP contribution is 2.32. The number of esters is 1. The first-order valence-electron chi connectivity index (χ1n) is 5.70. The number of anilines is 1. The van der Waals surface area contributed by atoms with Crippen molar-refractivity contribution in [1.82, 2.24) is 0 Å². The molecule has 1 N–H and O–H groups in total. The van der Waals surface area contributed by atoms with Gasteiger partial charge >= 0.3 is 5.97 Å². The van der Waals surface area contributed by atoms with Crippen LogP contribution in [0.1, 0.15) is 10.4 Å². The number of nitrogens with zero attached hydrogens (tertiary/aromatic N) is 3. The molecule has 0 amide bonds. The zero-order valence-corrected chi connectivity index (χ0v) is 11.6. The Morgan fingerprint density at radius 2 is 1.82 bits per heavy atom. The van der Waals surface area contributed by atoms with Crippen molar-refractivity contribution < 1.29 is 18.7 Å². The second-order valence-electron chi connectivity index (χ2n) is 3.71. The fourth-order valence-electron chi connectivity index (χ4n) is 1.58. The van der Waals surface area contributed by atoms with E-state index in [-0.39, 0.29) is 17.1 Å². The van der Waals surface area contributed by atoms with Crippen molar-refractivity contribution in [2.45, 2.75) is 0 Å². The molecule has 0 saturated carbocycles. The first-order chi connectivity index (χ1) is 10.5. The molecule has 0 bridgehead atoms. The van der Waals surface area contributed by atoms with Crippen LogP contribution in [0.4, 0.5) is 10.1 Å². The quantitative estimate of drug-likeness (QED) is 0.665. The molecule has 7 nitrogen and oxygen atoms in total. The van der Waals surface area contributed by atoms with Crippen LogP contribution in [0.15, 0.2) is 23.4 Å². The van der Waals surface area contributed by atoms with Crippen molar-refractivity contribution in [2.24, 2.45) is 0 Å². The third-order valence-electron chi connectivity index (χ3n) is 2.55. The van der Waals surface area contributed by atoms with Crippen molar-refractivity contribution in [1.29, 1.82) is 15.8 Å². The van der Waals surface area contributed by atoms with E-state index in [1.54, 1.807) is 18.2 Å². The molecule has 0 spiro atoms. The lowest BCUT2D eigenvalue weighted by molar-refractivity contribution is 0.0591. The molecule has 1 aromatic carbocycles. The summed E-state index contributed by atoms with van der Waals surface area (Å²) < 4.78 is 23.2. The van der Waals surface area contributed by atoms with Crippen LogP contribution < -0.4 is 10.1 Å². The molecule has 1 rings (SSSR count). The van der Waals surface area contributed by atoms with Gasteiger partial charge in [0.15, 0.2) is 11.3 Å². The smallest absolute Gasteiger partial charge is 0.344 e. The third kappa shape index (κ3) is 3.12. The van der Waals surface area contributed by atoms with E-state index in [2.05, 4.69) is 10.1 Å². The van der Waals surface area contributed by atoms with Crippen molar-refractivity contribution in [2.75, 3.05) is 19.5 Å². The van der Waals surface area contributed by atoms with Crippen LogP contribution in [0.25, 0.3) is 0 Å². The highest BCUT2D eigenvalue weighted by molar-refractivity contribution is 5.95. The van der Waals surface area contributed by atoms with E-state index in [1.807, 2.05) is 0 Å². The van der Waals surface area contributed by atoms with Crippen LogP contribution in [-0.2, 0) is 4.74 Å². The van der Waals surface area contributed by atoms with E-state index in [0.717, 1.165) is 13.2 Å². The zero-order chi connectivity index (χ0) is 16.7. The van der Waals surface area contributed by atoms with Gasteiger partial charge in [0.25, 0.3) is 0 Å². The maximum atomic E-state index is 13.8. The number of hydrogen-bond acceptors (Lipinski definition) is 7. The molecule has 22 heavy (non-hydrogen) atoms. The van der Waals surface area contributed by atoms with Crippen LogP contribution in [0.2, 0.25) is 0 Å². The molecule has 1 aromatic rings. The predicted octanol–water partition coefficient (Wildman–Crippen LogP) is 1.86. The Balaban J connectivity index is 3.49. The van der Waals surface area contributed by atoms with Crippen LogP contribution in [0.3, 0.4) is 0 Å². The normalized spacial score (nSPS) is 8.73. The SMILES string of the molecule is COC(=O)c1c(F)ccc(NC(C#N)=C(C#N)C#N)c1OC. The average Bonchev–Trinajstić information content (AvgIpc) is 2.54. The van der Waals surface area contributed by atoms with Crippen LogP contribution >= 0.6 is 0 Å². The van der Waals surface area contributed by atoms with E-state index >= 15 is 0 Å². The minimum Gasteiger partial charge on any atom is -0.494 e. The van der Waals surface area contributed by atoms with Gasteiger partial charge in [0, 0.05) is 0 Å². The number of rotatable bonds is 4. The lowest BCUT2D eigenvalue weighted by atomic mass is 10.1. The Labute approximate surface area is 125 Å². The summed E-state index contributed by atoms with van der Waals surface area (Å²) in [5, 5.41) is 29.0. The number of halogens is 1. The molecular weight excluding hydrogens is 291 g/mol. The largest absolute Gasteiger partial charge is 0.494 e. The summed E-state index contributed by atoms with van der Waals surface area (Å²) in [6.07, 6.45) is 0. The summed E-state index contributed by atoms with van der Waals surface area (Å²) >= 11 is 0. The number of methoxy groups -OCH3 is 2. The number of nitrogens with one attached hydrogen (secondary N) is 1. The summed E-state index contributed by atoms with van der Waals surface area (Å²) in [6, 6.07) is 6.90. The molecule has 0 aliphatic heterocycles. The van der Waals surface area contributed by atoms with Crippen LogP contribution in [0, 0.1) is 39.8 Å². The monoisotopic (exact) mass is 300 g/mol. The number of allylic oxidation sites excluding steroid dienone is 2. The summed E-state index contributed by atoms with van der Waals surface area (Å²) in [6.45, 7) is 0. The molecule has 0 aliphatic rings. The Kier molecular flexibility index (Phi) is 5.45. The molecule has 8 heteroatoms. The lowest BCUT2D eigenvalue weighted by Gasteiger charge is -2.14. The molecule has 110 valence electrons. The Bertz CT molecular complexity index is 750. The summed E-state index contributed by atoms with van der Waals surface area (Å²) in [5.41, 5.74) is -1.26. The van der Waals surface area contributed by atoms with Gasteiger partial charge in [-0.1, -0.05) is 0 Å². The maximum Gasteiger partial charge on any atom is 0.344 e. The van der Waals surface area contributed by atoms with Gasteiger partial charge in [-0.25, -0.2) is 9.18 Å². The van der Waals surface area contributed by atoms with Gasteiger partial charge < -0.3 is 14.8 Å². The van der Waals surface area contributed by atoms with Crippen LogP contribution in [-0.4, -0.2) is 20.2 Å². The first kappa shape index (κ1) is 16.5. The maximum absolute atomic E-state index is 13.8. The van der Waals surface area contributed by atoms with Gasteiger partial charge in [-0.2, -0.15) is 15.8 Å². The number of benzene rings is 1. The molecule has 0 aromatic heterocycles. The highest BCUT2D eigenvalue weighted by Gasteiger charge is 2.22. The summed E-state index contributed by atoms with van der Waals surface area (Å²) in [4.78, 5) is 11.6. The number of ether oxygens (including phenoxy) is 2. The van der Waals surface area contributed by atoms with Crippen molar-refractivity contribution in [3.05, 3.63) is 34.8 Å². The average molecular weight is 300 g/mol. The molecule has 0 unspecified atom stereocenters. The summed E-state index contributed by atoms with van der Waals surface area (Å²) in [7, 11) is 2.27. The van der Waals surface area contributed by atoms with E-state index in [0.29, 0.717) is 0 Å². The van der Waals surface area contributed by atoms with Gasteiger partial charge in [-0.15, -0.1) is 0 Å². The van der Waals surface area contributed by atoms with E-state index in [9.17, 15) is 9.18 Å². The standard InChI is InChI=1S/C14H9FN4O3/c1-21-13-10(19-11(7-18)8(5-16)6-17)4-3-9(15)12(13)14(20)22-2/h3-4,19H,1-2H3. The van der Waals surface area contributed by atoms with Gasteiger partial charge in [0.1, 0.15) is 35.3 Å². The van der Waals surface area contributed by atoms with Gasteiger partial charge in [-0.3, -0.25) is 0 Å². The summed E-state index contributed by atoms with van der Waals surface area (Å²) in [5.74, 6) is -2.06. The van der Waals surface area contributed by atoms with Crippen molar-refractivity contribution >= 4 is 11.7 Å². The van der Waals surface area contributed by atoms with Crippen molar-refractivity contribution in [3.63, 3.8) is 0 Å². The number of hydrogen-bond donors (Lipinski definition) is 1. The second-order valence-corrected chi connectivity index (χ2v) is 3.71. The second kappa shape index (κ2) is 7.28. The van der Waals surface area contributed by atoms with E-state index in [1.165, 1.54) is 13.2 Å². The zero-order valence-electron chi connectivity index (χ0n) is 11.6. The van der Waals surface area contributed by atoms with Gasteiger partial charge in [-0.05, 0) is 12.1 Å². The Morgan fingerprint density at radius 1 is 1.18 bits per heavy atom. The Hall–Kier alpha value is -3.57. The predicted molar refractivity (Wildman–Crippen MR) is 71.8 cm³/mol. The van der Waals surface area contributed by atoms with Gasteiger partial charge in [0.2, 0.25) is 0 Å². The van der Waals surface area contributed by atoms with E-state index < -0.39 is 22.9 Å². The van der Waals surface area contributed by atoms with Gasteiger partial charge in [0.05, 0.1) is 19.9 Å². The number of nitriles is 3. The topological polar surface area (TPSA) is 119 Å². The van der Waals surface area contributed by atoms with E-state index in [4.69, 9.17) is 20.5 Å². The first-order valence-corrected chi connectivity index (χ1v) is 5.70. The minimum atomic E-state index is -0.971. The molecular formula is C14H9FN4O3. The molecule has 0 atom stereocenters. The fourth-order valence-corrected chi connectivity index (χ4v) is 1.58. The third-order valence-corrected chi connectivity index (χ3v) is 2.55. The number of carbonyl (C=O) groups is 1. The highest BCUT2D eigenvalue weighted by atomic mass is 19.1. The fraction of sp³-hybridized carbons (Fsp3) is 0.143. The Morgan fingerprint density at radius 3 is 2.27 bits per heavy atom. The molecule has 0 heterocycles. The molecule has 0 fully saturated rings.